The quantitative estimate of drug-likeness (QED) is 0.597. The summed E-state index contributed by atoms with van der Waals surface area (Å²) in [6.07, 6.45) is 7.25. The minimum atomic E-state index is 0.641. The molecule has 18 heavy (non-hydrogen) atoms. The third-order valence-corrected chi connectivity index (χ3v) is 2.42. The Morgan fingerprint density at radius 2 is 1.83 bits per heavy atom. The summed E-state index contributed by atoms with van der Waals surface area (Å²) in [5.41, 5.74) is 2.44. The van der Waals surface area contributed by atoms with Gasteiger partial charge in [-0.25, -0.2) is 0 Å². The van der Waals surface area contributed by atoms with Gasteiger partial charge in [-0.1, -0.05) is 42.5 Å². The van der Waals surface area contributed by atoms with E-state index in [1.807, 2.05) is 60.7 Å². The first-order valence-electron chi connectivity index (χ1n) is 5.65. The molecule has 86 valence electrons. The topological polar surface area (TPSA) is 36.7 Å². The van der Waals surface area contributed by atoms with E-state index in [1.165, 1.54) is 0 Å². The lowest BCUT2D eigenvalue weighted by Crippen LogP contribution is -1.79. The predicted octanol–water partition coefficient (Wildman–Crippen LogP) is 3.70. The van der Waals surface area contributed by atoms with Gasteiger partial charge in [-0.2, -0.15) is 5.26 Å². The number of allylic oxidation sites excluding steroid dienone is 3. The summed E-state index contributed by atoms with van der Waals surface area (Å²) in [5.74, 6) is 0. The van der Waals surface area contributed by atoms with Crippen LogP contribution in [0.5, 0.6) is 0 Å². The highest BCUT2D eigenvalue weighted by molar-refractivity contribution is 5.78. The molecule has 2 aromatic rings. The Balaban J connectivity index is 2.18. The maximum Gasteiger partial charge on any atom is 0.0997 e. The van der Waals surface area contributed by atoms with E-state index >= 15 is 0 Å². The van der Waals surface area contributed by atoms with E-state index in [1.54, 1.807) is 12.3 Å². The van der Waals surface area contributed by atoms with Crippen LogP contribution in [0.15, 0.2) is 66.9 Å². The lowest BCUT2D eigenvalue weighted by molar-refractivity contribution is 1.30. The molecule has 1 aromatic carbocycles. The van der Waals surface area contributed by atoms with E-state index in [9.17, 15) is 0 Å². The van der Waals surface area contributed by atoms with Crippen molar-refractivity contribution in [2.75, 3.05) is 0 Å². The van der Waals surface area contributed by atoms with Crippen LogP contribution in [0.1, 0.15) is 11.3 Å². The smallest absolute Gasteiger partial charge is 0.0997 e. The molecule has 0 unspecified atom stereocenters. The van der Waals surface area contributed by atoms with Crippen molar-refractivity contribution in [2.45, 2.75) is 0 Å². The third kappa shape index (κ3) is 3.16. The Labute approximate surface area is 107 Å². The summed E-state index contributed by atoms with van der Waals surface area (Å²) in [5, 5.41) is 9.11. The van der Waals surface area contributed by atoms with Gasteiger partial charge in [-0.15, -0.1) is 0 Å². The summed E-state index contributed by atoms with van der Waals surface area (Å²) in [6, 6.07) is 17.5. The fourth-order valence-corrected chi connectivity index (χ4v) is 1.53. The minimum absolute atomic E-state index is 0.641. The molecule has 0 saturated heterocycles. The van der Waals surface area contributed by atoms with Crippen molar-refractivity contribution >= 4 is 11.6 Å². The van der Waals surface area contributed by atoms with Crippen LogP contribution in [-0.2, 0) is 0 Å². The monoisotopic (exact) mass is 232 g/mol. The molecule has 0 fully saturated rings. The van der Waals surface area contributed by atoms with Crippen molar-refractivity contribution in [3.8, 4) is 6.07 Å². The van der Waals surface area contributed by atoms with Crippen molar-refractivity contribution < 1.29 is 0 Å². The molecule has 1 aromatic heterocycles. The number of aromatic nitrogens is 1. The number of hydrogen-bond acceptors (Lipinski definition) is 2. The van der Waals surface area contributed by atoms with Crippen LogP contribution in [0.2, 0.25) is 0 Å². The SMILES string of the molecule is N#CC(=CC=Cc1ccccn1)c1ccccc1. The highest BCUT2D eigenvalue weighted by Crippen LogP contribution is 2.13. The van der Waals surface area contributed by atoms with E-state index in [-0.39, 0.29) is 0 Å². The molecule has 0 saturated carbocycles. The van der Waals surface area contributed by atoms with E-state index in [0.29, 0.717) is 5.57 Å². The van der Waals surface area contributed by atoms with E-state index in [0.717, 1.165) is 11.3 Å². The Morgan fingerprint density at radius 3 is 2.50 bits per heavy atom. The third-order valence-electron chi connectivity index (χ3n) is 2.42. The molecule has 2 heteroatoms. The molecule has 0 amide bonds. The van der Waals surface area contributed by atoms with E-state index in [4.69, 9.17) is 5.26 Å². The number of rotatable bonds is 3. The van der Waals surface area contributed by atoms with Crippen LogP contribution >= 0.6 is 0 Å². The van der Waals surface area contributed by atoms with E-state index in [2.05, 4.69) is 11.1 Å². The zero-order valence-electron chi connectivity index (χ0n) is 9.82. The lowest BCUT2D eigenvalue weighted by Gasteiger charge is -1.95. The average Bonchev–Trinajstić information content (AvgIpc) is 2.46. The van der Waals surface area contributed by atoms with Gasteiger partial charge in [0.15, 0.2) is 0 Å². The van der Waals surface area contributed by atoms with Gasteiger partial charge in [0, 0.05) is 6.20 Å². The summed E-state index contributed by atoms with van der Waals surface area (Å²) in [6.45, 7) is 0. The highest BCUT2D eigenvalue weighted by Gasteiger charge is 1.96. The zero-order valence-corrected chi connectivity index (χ0v) is 9.82. The molecule has 0 bridgehead atoms. The van der Waals surface area contributed by atoms with Gasteiger partial charge >= 0.3 is 0 Å². The van der Waals surface area contributed by atoms with Crippen molar-refractivity contribution in [3.63, 3.8) is 0 Å². The normalized spacial score (nSPS) is 11.4. The number of benzene rings is 1. The summed E-state index contributed by atoms with van der Waals surface area (Å²) in [7, 11) is 0. The largest absolute Gasteiger partial charge is 0.257 e. The maximum atomic E-state index is 9.11. The second-order valence-electron chi connectivity index (χ2n) is 3.67. The molecule has 0 aliphatic rings. The van der Waals surface area contributed by atoms with Gasteiger partial charge in [0.2, 0.25) is 0 Å². The zero-order chi connectivity index (χ0) is 12.6. The van der Waals surface area contributed by atoms with E-state index < -0.39 is 0 Å². The molecule has 2 rings (SSSR count). The molecule has 0 radical (unpaired) electrons. The minimum Gasteiger partial charge on any atom is -0.257 e. The molecule has 0 spiro atoms. The van der Waals surface area contributed by atoms with Crippen LogP contribution in [0.3, 0.4) is 0 Å². The van der Waals surface area contributed by atoms with Crippen molar-refractivity contribution in [1.29, 1.82) is 5.26 Å². The molecule has 2 nitrogen and oxygen atoms in total. The molecule has 0 aliphatic carbocycles. The van der Waals surface area contributed by atoms with Crippen LogP contribution in [0, 0.1) is 11.3 Å². The van der Waals surface area contributed by atoms with Gasteiger partial charge in [-0.05, 0) is 29.8 Å². The first-order valence-corrected chi connectivity index (χ1v) is 5.65. The van der Waals surface area contributed by atoms with Crippen molar-refractivity contribution in [3.05, 3.63) is 78.1 Å². The number of hydrogen-bond donors (Lipinski definition) is 0. The fourth-order valence-electron chi connectivity index (χ4n) is 1.53. The van der Waals surface area contributed by atoms with Crippen LogP contribution < -0.4 is 0 Å². The number of pyridine rings is 1. The number of nitrogens with zero attached hydrogens (tertiary/aromatic N) is 2. The molecular weight excluding hydrogens is 220 g/mol. The average molecular weight is 232 g/mol. The van der Waals surface area contributed by atoms with Crippen molar-refractivity contribution in [2.24, 2.45) is 0 Å². The van der Waals surface area contributed by atoms with Crippen LogP contribution in [-0.4, -0.2) is 4.98 Å². The number of nitriles is 1. The lowest BCUT2D eigenvalue weighted by atomic mass is 10.1. The van der Waals surface area contributed by atoms with Gasteiger partial charge in [0.05, 0.1) is 17.3 Å². The van der Waals surface area contributed by atoms with Gasteiger partial charge in [0.1, 0.15) is 0 Å². The van der Waals surface area contributed by atoms with Gasteiger partial charge in [0.25, 0.3) is 0 Å². The first kappa shape index (κ1) is 11.8. The Hall–Kier alpha value is -2.66. The second kappa shape index (κ2) is 6.17. The Bertz CT molecular complexity index is 590. The highest BCUT2D eigenvalue weighted by atomic mass is 14.6. The van der Waals surface area contributed by atoms with Gasteiger partial charge in [-0.3, -0.25) is 4.98 Å². The standard InChI is InChI=1S/C16H12N2/c17-13-15(14-7-2-1-3-8-14)9-6-11-16-10-4-5-12-18-16/h1-12H. The summed E-state index contributed by atoms with van der Waals surface area (Å²) >= 11 is 0. The molecule has 0 aliphatic heterocycles. The molecule has 0 N–H and O–H groups in total. The van der Waals surface area contributed by atoms with Crippen LogP contribution in [0.4, 0.5) is 0 Å². The van der Waals surface area contributed by atoms with Crippen molar-refractivity contribution in [1.82, 2.24) is 4.98 Å². The summed E-state index contributed by atoms with van der Waals surface area (Å²) < 4.78 is 0. The van der Waals surface area contributed by atoms with Gasteiger partial charge < -0.3 is 0 Å². The maximum absolute atomic E-state index is 9.11. The Morgan fingerprint density at radius 1 is 1.06 bits per heavy atom. The van der Waals surface area contributed by atoms with Crippen LogP contribution in [0.25, 0.3) is 11.6 Å². The molecule has 0 atom stereocenters. The second-order valence-corrected chi connectivity index (χ2v) is 3.67. The molecular formula is C16H12N2. The Kier molecular flexibility index (Phi) is 4.05. The predicted molar refractivity (Wildman–Crippen MR) is 73.3 cm³/mol. The molecule has 1 heterocycles. The first-order chi connectivity index (χ1) is 8.90. The fraction of sp³-hybridized carbons (Fsp3) is 0. The summed E-state index contributed by atoms with van der Waals surface area (Å²) in [4.78, 5) is 4.18.